The molecule has 0 radical (unpaired) electrons. The molecule has 0 saturated heterocycles. The summed E-state index contributed by atoms with van der Waals surface area (Å²) >= 11 is 0. The molecule has 0 atom stereocenters. The molecule has 0 N–H and O–H groups in total. The van der Waals surface area contributed by atoms with Crippen LogP contribution in [0.1, 0.15) is 30.0 Å². The number of benzene rings is 1. The van der Waals surface area contributed by atoms with Crippen LogP contribution in [0.15, 0.2) is 30.5 Å². The largest absolute Gasteiger partial charge is 0.383 e. The van der Waals surface area contributed by atoms with Crippen LogP contribution >= 0.6 is 0 Å². The van der Waals surface area contributed by atoms with Gasteiger partial charge in [-0.05, 0) is 23.5 Å². The predicted octanol–water partition coefficient (Wildman–Crippen LogP) is 2.81. The van der Waals surface area contributed by atoms with Gasteiger partial charge < -0.3 is 14.2 Å². The molecule has 2 heterocycles. The van der Waals surface area contributed by atoms with Crippen molar-refractivity contribution in [1.82, 2.24) is 14.5 Å². The SMILES string of the molecule is COCCN1Cn2c(-c3ccc(CC(C)C)cc3)cnc2C1=O. The molecular weight excluding hydrogens is 290 g/mol. The van der Waals surface area contributed by atoms with Crippen molar-refractivity contribution in [3.63, 3.8) is 0 Å². The van der Waals surface area contributed by atoms with Gasteiger partial charge in [0.05, 0.1) is 18.5 Å². The van der Waals surface area contributed by atoms with Gasteiger partial charge in [-0.3, -0.25) is 4.79 Å². The molecule has 0 saturated carbocycles. The van der Waals surface area contributed by atoms with E-state index >= 15 is 0 Å². The first-order chi connectivity index (χ1) is 11.1. The number of rotatable bonds is 6. The van der Waals surface area contributed by atoms with Crippen LogP contribution < -0.4 is 0 Å². The summed E-state index contributed by atoms with van der Waals surface area (Å²) in [5.41, 5.74) is 3.42. The summed E-state index contributed by atoms with van der Waals surface area (Å²) in [5, 5.41) is 0. The Morgan fingerprint density at radius 3 is 2.65 bits per heavy atom. The molecule has 23 heavy (non-hydrogen) atoms. The first-order valence-corrected chi connectivity index (χ1v) is 8.03. The van der Waals surface area contributed by atoms with Gasteiger partial charge in [0, 0.05) is 13.7 Å². The summed E-state index contributed by atoms with van der Waals surface area (Å²) in [7, 11) is 1.64. The van der Waals surface area contributed by atoms with E-state index in [1.165, 1.54) is 5.56 Å². The van der Waals surface area contributed by atoms with Gasteiger partial charge in [0.25, 0.3) is 5.91 Å². The number of ether oxygens (including phenoxy) is 1. The molecule has 0 spiro atoms. The third kappa shape index (κ3) is 3.15. The lowest BCUT2D eigenvalue weighted by atomic mass is 10.0. The van der Waals surface area contributed by atoms with Crippen LogP contribution in [-0.4, -0.2) is 40.6 Å². The lowest BCUT2D eigenvalue weighted by molar-refractivity contribution is 0.0703. The Balaban J connectivity index is 1.81. The molecular formula is C18H23N3O2. The molecule has 0 bridgehead atoms. The Morgan fingerprint density at radius 2 is 2.00 bits per heavy atom. The Morgan fingerprint density at radius 1 is 1.26 bits per heavy atom. The normalized spacial score (nSPS) is 13.9. The molecule has 1 aliphatic heterocycles. The molecule has 5 nitrogen and oxygen atoms in total. The second-order valence-corrected chi connectivity index (χ2v) is 6.39. The monoisotopic (exact) mass is 313 g/mol. The summed E-state index contributed by atoms with van der Waals surface area (Å²) in [6.45, 7) is 6.11. The molecule has 122 valence electrons. The fourth-order valence-electron chi connectivity index (χ4n) is 2.95. The lowest BCUT2D eigenvalue weighted by Crippen LogP contribution is -2.28. The van der Waals surface area contributed by atoms with E-state index in [1.54, 1.807) is 18.2 Å². The van der Waals surface area contributed by atoms with E-state index in [4.69, 9.17) is 4.74 Å². The fourth-order valence-corrected chi connectivity index (χ4v) is 2.95. The number of fused-ring (bicyclic) bond motifs is 1. The number of aromatic nitrogens is 2. The highest BCUT2D eigenvalue weighted by atomic mass is 16.5. The van der Waals surface area contributed by atoms with Crippen LogP contribution in [0.2, 0.25) is 0 Å². The van der Waals surface area contributed by atoms with Crippen molar-refractivity contribution >= 4 is 5.91 Å². The minimum atomic E-state index is -0.0234. The Hall–Kier alpha value is -2.14. The number of hydrogen-bond donors (Lipinski definition) is 0. The summed E-state index contributed by atoms with van der Waals surface area (Å²) in [6.07, 6.45) is 2.87. The van der Waals surface area contributed by atoms with E-state index in [1.807, 2.05) is 4.57 Å². The van der Waals surface area contributed by atoms with Gasteiger partial charge in [-0.15, -0.1) is 0 Å². The van der Waals surface area contributed by atoms with E-state index in [0.717, 1.165) is 17.7 Å². The topological polar surface area (TPSA) is 47.4 Å². The van der Waals surface area contributed by atoms with Crippen molar-refractivity contribution in [3.05, 3.63) is 41.9 Å². The van der Waals surface area contributed by atoms with Crippen LogP contribution in [-0.2, 0) is 17.8 Å². The summed E-state index contributed by atoms with van der Waals surface area (Å²) in [5.74, 6) is 1.14. The van der Waals surface area contributed by atoms with Gasteiger partial charge in [-0.1, -0.05) is 38.1 Å². The zero-order chi connectivity index (χ0) is 16.4. The molecule has 1 aliphatic rings. The second kappa shape index (κ2) is 6.54. The van der Waals surface area contributed by atoms with Gasteiger partial charge in [0.1, 0.15) is 6.67 Å². The number of carbonyl (C=O) groups excluding carboxylic acids is 1. The maximum absolute atomic E-state index is 12.3. The van der Waals surface area contributed by atoms with Crippen LogP contribution in [0.5, 0.6) is 0 Å². The minimum Gasteiger partial charge on any atom is -0.383 e. The van der Waals surface area contributed by atoms with Gasteiger partial charge in [0.2, 0.25) is 5.82 Å². The maximum Gasteiger partial charge on any atom is 0.291 e. The van der Waals surface area contributed by atoms with Crippen LogP contribution in [0.3, 0.4) is 0 Å². The Bertz CT molecular complexity index is 689. The van der Waals surface area contributed by atoms with E-state index < -0.39 is 0 Å². The van der Waals surface area contributed by atoms with E-state index in [2.05, 4.69) is 43.1 Å². The quantitative estimate of drug-likeness (QED) is 0.824. The van der Waals surface area contributed by atoms with Gasteiger partial charge in [-0.25, -0.2) is 4.98 Å². The predicted molar refractivity (Wildman–Crippen MR) is 89.1 cm³/mol. The van der Waals surface area contributed by atoms with Crippen LogP contribution in [0, 0.1) is 5.92 Å². The molecule has 1 aromatic heterocycles. The van der Waals surface area contributed by atoms with Gasteiger partial charge >= 0.3 is 0 Å². The Labute approximate surface area is 136 Å². The van der Waals surface area contributed by atoms with Crippen molar-refractivity contribution in [1.29, 1.82) is 0 Å². The summed E-state index contributed by atoms with van der Waals surface area (Å²) in [4.78, 5) is 18.4. The van der Waals surface area contributed by atoms with Crippen molar-refractivity contribution < 1.29 is 9.53 Å². The minimum absolute atomic E-state index is 0.0234. The maximum atomic E-state index is 12.3. The summed E-state index contributed by atoms with van der Waals surface area (Å²) < 4.78 is 7.05. The number of hydrogen-bond acceptors (Lipinski definition) is 3. The first-order valence-electron chi connectivity index (χ1n) is 8.03. The number of imidazole rings is 1. The highest BCUT2D eigenvalue weighted by molar-refractivity contribution is 5.93. The molecule has 1 amide bonds. The Kier molecular flexibility index (Phi) is 4.48. The first kappa shape index (κ1) is 15.7. The highest BCUT2D eigenvalue weighted by Gasteiger charge is 2.30. The van der Waals surface area contributed by atoms with Crippen LogP contribution in [0.25, 0.3) is 11.3 Å². The van der Waals surface area contributed by atoms with Crippen molar-refractivity contribution in [2.75, 3.05) is 20.3 Å². The standard InChI is InChI=1S/C18H23N3O2/c1-13(2)10-14-4-6-15(7-5-14)16-11-19-17-18(22)20(8-9-23-3)12-21(16)17/h4-7,11,13H,8-10,12H2,1-3H3. The third-order valence-electron chi connectivity index (χ3n) is 4.11. The molecule has 5 heteroatoms. The van der Waals surface area contributed by atoms with E-state index in [9.17, 15) is 4.79 Å². The fraction of sp³-hybridized carbons (Fsp3) is 0.444. The molecule has 0 fully saturated rings. The molecule has 3 rings (SSSR count). The zero-order valence-corrected chi connectivity index (χ0v) is 14.0. The summed E-state index contributed by atoms with van der Waals surface area (Å²) in [6, 6.07) is 8.55. The highest BCUT2D eigenvalue weighted by Crippen LogP contribution is 2.26. The smallest absolute Gasteiger partial charge is 0.291 e. The van der Waals surface area contributed by atoms with E-state index in [-0.39, 0.29) is 5.91 Å². The van der Waals surface area contributed by atoms with Crippen molar-refractivity contribution in [3.8, 4) is 11.3 Å². The average molecular weight is 313 g/mol. The zero-order valence-electron chi connectivity index (χ0n) is 14.0. The van der Waals surface area contributed by atoms with Crippen LogP contribution in [0.4, 0.5) is 0 Å². The van der Waals surface area contributed by atoms with E-state index in [0.29, 0.717) is 31.6 Å². The van der Waals surface area contributed by atoms with Crippen molar-refractivity contribution in [2.24, 2.45) is 5.92 Å². The van der Waals surface area contributed by atoms with Crippen molar-refractivity contribution in [2.45, 2.75) is 26.9 Å². The van der Waals surface area contributed by atoms with Gasteiger partial charge in [0.15, 0.2) is 0 Å². The lowest BCUT2D eigenvalue weighted by Gasteiger charge is -2.15. The molecule has 2 aromatic rings. The number of methoxy groups -OCH3 is 1. The van der Waals surface area contributed by atoms with Gasteiger partial charge in [-0.2, -0.15) is 0 Å². The molecule has 1 aromatic carbocycles. The molecule has 0 unspecified atom stereocenters. The molecule has 0 aliphatic carbocycles. The number of carbonyl (C=O) groups is 1. The third-order valence-corrected chi connectivity index (χ3v) is 4.11. The second-order valence-electron chi connectivity index (χ2n) is 6.39. The average Bonchev–Trinajstić information content (AvgIpc) is 3.06. The number of amides is 1. The number of nitrogens with zero attached hydrogens (tertiary/aromatic N) is 3.